The summed E-state index contributed by atoms with van der Waals surface area (Å²) in [5.41, 5.74) is 16.1. The molecular formula is C50H33N3O. The minimum Gasteiger partial charge on any atom is -0.456 e. The summed E-state index contributed by atoms with van der Waals surface area (Å²) in [5.74, 6) is 0. The van der Waals surface area contributed by atoms with Crippen molar-refractivity contribution in [1.82, 2.24) is 14.1 Å². The Balaban J connectivity index is 1.02. The third-order valence-electron chi connectivity index (χ3n) is 12.0. The normalized spacial score (nSPS) is 13.5. The highest BCUT2D eigenvalue weighted by atomic mass is 16.3. The molecule has 0 unspecified atom stereocenters. The lowest BCUT2D eigenvalue weighted by Gasteiger charge is -2.21. The summed E-state index contributed by atoms with van der Waals surface area (Å²) in [6.07, 6.45) is 1.91. The van der Waals surface area contributed by atoms with E-state index in [-0.39, 0.29) is 5.41 Å². The molecule has 0 amide bonds. The molecule has 0 saturated carbocycles. The molecule has 254 valence electrons. The molecule has 0 atom stereocenters. The van der Waals surface area contributed by atoms with Crippen LogP contribution in [0, 0.1) is 0 Å². The number of nitrogens with zero attached hydrogens (tertiary/aromatic N) is 3. The molecule has 54 heavy (non-hydrogen) atoms. The average molecular weight is 692 g/mol. The van der Waals surface area contributed by atoms with E-state index in [4.69, 9.17) is 9.40 Å². The number of pyridine rings is 1. The van der Waals surface area contributed by atoms with E-state index in [2.05, 4.69) is 169 Å². The molecule has 12 rings (SSSR count). The number of rotatable bonds is 3. The van der Waals surface area contributed by atoms with Crippen molar-refractivity contribution in [3.8, 4) is 33.8 Å². The quantitative estimate of drug-likeness (QED) is 0.185. The van der Waals surface area contributed by atoms with Gasteiger partial charge in [0, 0.05) is 60.9 Å². The zero-order valence-electron chi connectivity index (χ0n) is 29.8. The number of hydrogen-bond acceptors (Lipinski definition) is 2. The molecule has 0 fully saturated rings. The van der Waals surface area contributed by atoms with Gasteiger partial charge in [0.05, 0.1) is 27.8 Å². The molecule has 0 aliphatic heterocycles. The van der Waals surface area contributed by atoms with Gasteiger partial charge < -0.3 is 13.6 Å². The minimum atomic E-state index is -0.0805. The topological polar surface area (TPSA) is 35.9 Å². The van der Waals surface area contributed by atoms with Crippen molar-refractivity contribution in [3.63, 3.8) is 0 Å². The van der Waals surface area contributed by atoms with E-state index in [1.165, 1.54) is 71.4 Å². The van der Waals surface area contributed by atoms with Crippen molar-refractivity contribution in [2.24, 2.45) is 0 Å². The molecular weight excluding hydrogens is 659 g/mol. The number of para-hydroxylation sites is 3. The predicted molar refractivity (Wildman–Crippen MR) is 223 cm³/mol. The van der Waals surface area contributed by atoms with Crippen molar-refractivity contribution in [2.45, 2.75) is 19.3 Å². The number of benzene rings is 7. The number of hydrogen-bond donors (Lipinski definition) is 0. The van der Waals surface area contributed by atoms with E-state index < -0.39 is 0 Å². The lowest BCUT2D eigenvalue weighted by molar-refractivity contribution is 0.659. The smallest absolute Gasteiger partial charge is 0.135 e. The standard InChI is InChI=1S/C50H33N3O/c1-50(2)41-21-19-32(29-40(41)49-42(50)13-9-25-51-49)52-43-14-6-3-10-34(43)37-26-30(17-22-45(37)52)31-18-23-46-38(27-31)35-11-4-7-15-44(35)53(46)33-20-24-48-39(28-33)36-12-5-8-16-47(36)54-48/h3-29H,1-2H3. The summed E-state index contributed by atoms with van der Waals surface area (Å²) in [7, 11) is 0. The van der Waals surface area contributed by atoms with Crippen molar-refractivity contribution in [3.05, 3.63) is 175 Å². The van der Waals surface area contributed by atoms with Gasteiger partial charge in [-0.3, -0.25) is 4.98 Å². The first-order chi connectivity index (χ1) is 26.5. The van der Waals surface area contributed by atoms with Gasteiger partial charge in [-0.15, -0.1) is 0 Å². The predicted octanol–water partition coefficient (Wildman–Crippen LogP) is 13.1. The second kappa shape index (κ2) is 10.6. The molecule has 0 spiro atoms. The molecule has 0 N–H and O–H groups in total. The van der Waals surface area contributed by atoms with E-state index in [0.717, 1.165) is 39.0 Å². The lowest BCUT2D eigenvalue weighted by atomic mass is 9.83. The highest BCUT2D eigenvalue weighted by molar-refractivity contribution is 6.13. The second-order valence-electron chi connectivity index (χ2n) is 15.2. The summed E-state index contributed by atoms with van der Waals surface area (Å²) in [5, 5.41) is 7.22. The third-order valence-corrected chi connectivity index (χ3v) is 12.0. The number of furan rings is 1. The third kappa shape index (κ3) is 3.94. The van der Waals surface area contributed by atoms with Crippen LogP contribution in [0.25, 0.3) is 99.3 Å². The van der Waals surface area contributed by atoms with Crippen molar-refractivity contribution in [2.75, 3.05) is 0 Å². The van der Waals surface area contributed by atoms with Crippen LogP contribution in [0.3, 0.4) is 0 Å². The van der Waals surface area contributed by atoms with E-state index >= 15 is 0 Å². The lowest BCUT2D eigenvalue weighted by Crippen LogP contribution is -2.15. The molecule has 1 aliphatic rings. The van der Waals surface area contributed by atoms with Crippen LogP contribution in [-0.2, 0) is 5.41 Å². The van der Waals surface area contributed by atoms with Gasteiger partial charge in [-0.2, -0.15) is 0 Å². The van der Waals surface area contributed by atoms with Gasteiger partial charge in [0.2, 0.25) is 0 Å². The van der Waals surface area contributed by atoms with Crippen molar-refractivity contribution >= 4 is 65.6 Å². The monoisotopic (exact) mass is 691 g/mol. The Morgan fingerprint density at radius 2 is 1.02 bits per heavy atom. The second-order valence-corrected chi connectivity index (χ2v) is 15.2. The minimum absolute atomic E-state index is 0.0805. The fourth-order valence-corrected chi connectivity index (χ4v) is 9.40. The van der Waals surface area contributed by atoms with Crippen LogP contribution in [0.1, 0.15) is 25.0 Å². The molecule has 1 aliphatic carbocycles. The largest absolute Gasteiger partial charge is 0.456 e. The molecule has 0 radical (unpaired) electrons. The zero-order chi connectivity index (χ0) is 35.7. The van der Waals surface area contributed by atoms with E-state index in [1.807, 2.05) is 18.3 Å². The van der Waals surface area contributed by atoms with Crippen LogP contribution in [0.5, 0.6) is 0 Å². The van der Waals surface area contributed by atoms with Crippen LogP contribution >= 0.6 is 0 Å². The Morgan fingerprint density at radius 3 is 1.72 bits per heavy atom. The zero-order valence-corrected chi connectivity index (χ0v) is 29.8. The highest BCUT2D eigenvalue weighted by Gasteiger charge is 2.36. The molecule has 11 aromatic rings. The van der Waals surface area contributed by atoms with Crippen LogP contribution in [0.15, 0.2) is 168 Å². The maximum atomic E-state index is 6.17. The Morgan fingerprint density at radius 1 is 0.444 bits per heavy atom. The highest BCUT2D eigenvalue weighted by Crippen LogP contribution is 2.48. The first kappa shape index (κ1) is 29.6. The maximum absolute atomic E-state index is 6.17. The molecule has 7 aromatic carbocycles. The average Bonchev–Trinajstić information content (AvgIpc) is 3.92. The summed E-state index contributed by atoms with van der Waals surface area (Å²) in [4.78, 5) is 4.85. The Hall–Kier alpha value is -6.91. The Labute approximate surface area is 311 Å². The van der Waals surface area contributed by atoms with E-state index in [1.54, 1.807) is 0 Å². The van der Waals surface area contributed by atoms with Gasteiger partial charge in [0.15, 0.2) is 0 Å². The first-order valence-corrected chi connectivity index (χ1v) is 18.6. The summed E-state index contributed by atoms with van der Waals surface area (Å²) < 4.78 is 11.0. The molecule has 4 nitrogen and oxygen atoms in total. The van der Waals surface area contributed by atoms with Gasteiger partial charge in [-0.25, -0.2) is 0 Å². The van der Waals surface area contributed by atoms with Crippen molar-refractivity contribution < 1.29 is 4.42 Å². The first-order valence-electron chi connectivity index (χ1n) is 18.6. The van der Waals surface area contributed by atoms with Crippen LogP contribution < -0.4 is 0 Å². The van der Waals surface area contributed by atoms with Gasteiger partial charge in [-0.1, -0.05) is 92.7 Å². The van der Waals surface area contributed by atoms with Gasteiger partial charge >= 0.3 is 0 Å². The molecule has 4 aromatic heterocycles. The molecule has 4 heteroatoms. The number of fused-ring (bicyclic) bond motifs is 12. The van der Waals surface area contributed by atoms with E-state index in [0.29, 0.717) is 0 Å². The van der Waals surface area contributed by atoms with Gasteiger partial charge in [0.1, 0.15) is 11.2 Å². The molecule has 4 heterocycles. The van der Waals surface area contributed by atoms with Crippen molar-refractivity contribution in [1.29, 1.82) is 0 Å². The summed E-state index contributed by atoms with van der Waals surface area (Å²) >= 11 is 0. The fourth-order valence-electron chi connectivity index (χ4n) is 9.40. The summed E-state index contributed by atoms with van der Waals surface area (Å²) in [6, 6.07) is 57.4. The number of aromatic nitrogens is 3. The SMILES string of the molecule is CC1(C)c2ccc(-n3c4ccccc4c4cc(-c5ccc6c(c5)c5ccccc5n6-c5ccc6oc7ccccc7c6c5)ccc43)cc2-c2ncccc21. The Bertz CT molecular complexity index is 3370. The Kier molecular flexibility index (Phi) is 5.81. The molecule has 0 saturated heterocycles. The maximum Gasteiger partial charge on any atom is 0.135 e. The van der Waals surface area contributed by atoms with Crippen LogP contribution in [-0.4, -0.2) is 14.1 Å². The van der Waals surface area contributed by atoms with E-state index in [9.17, 15) is 0 Å². The van der Waals surface area contributed by atoms with Gasteiger partial charge in [0.25, 0.3) is 0 Å². The van der Waals surface area contributed by atoms with Crippen LogP contribution in [0.4, 0.5) is 0 Å². The summed E-state index contributed by atoms with van der Waals surface area (Å²) in [6.45, 7) is 4.61. The fraction of sp³-hybridized carbons (Fsp3) is 0.0600. The van der Waals surface area contributed by atoms with Crippen LogP contribution in [0.2, 0.25) is 0 Å². The molecule has 0 bridgehead atoms. The van der Waals surface area contributed by atoms with Gasteiger partial charge in [-0.05, 0) is 101 Å².